The highest BCUT2D eigenvalue weighted by Gasteiger charge is 2.64. The van der Waals surface area contributed by atoms with Gasteiger partial charge in [-0.25, -0.2) is 0 Å². The van der Waals surface area contributed by atoms with Crippen LogP contribution in [0.25, 0.3) is 0 Å². The van der Waals surface area contributed by atoms with Crippen molar-refractivity contribution in [2.45, 2.75) is 110 Å². The van der Waals surface area contributed by atoms with Crippen LogP contribution in [0.1, 0.15) is 85.5 Å². The van der Waals surface area contributed by atoms with Gasteiger partial charge in [0.1, 0.15) is 17.7 Å². The topological polar surface area (TPSA) is 77.0 Å². The molecule has 0 bridgehead atoms. The van der Waals surface area contributed by atoms with Gasteiger partial charge in [0.05, 0.1) is 5.71 Å². The number of nitrogens with zero attached hydrogens (tertiary/aromatic N) is 1. The molecule has 0 aromatic rings. The number of hydrogen-bond donors (Lipinski definition) is 1. The van der Waals surface area contributed by atoms with Crippen LogP contribution in [-0.4, -0.2) is 51.4 Å². The van der Waals surface area contributed by atoms with Gasteiger partial charge in [0.15, 0.2) is 8.32 Å². The Morgan fingerprint density at radius 3 is 2.53 bits per heavy atom. The van der Waals surface area contributed by atoms with Crippen LogP contribution in [0, 0.1) is 34.5 Å². The quantitative estimate of drug-likeness (QED) is 0.385. The summed E-state index contributed by atoms with van der Waals surface area (Å²) in [5.41, 5.74) is 0.690. The molecule has 0 spiro atoms. The third-order valence-corrected chi connectivity index (χ3v) is 16.1. The second-order valence-electron chi connectivity index (χ2n) is 14.4. The minimum Gasteiger partial charge on any atom is -0.416 e. The summed E-state index contributed by atoms with van der Waals surface area (Å²) in [6, 6.07) is 0. The lowest BCUT2D eigenvalue weighted by molar-refractivity contribution is -0.160. The first-order valence-electron chi connectivity index (χ1n) is 14.5. The molecule has 0 aromatic carbocycles. The van der Waals surface area contributed by atoms with E-state index in [9.17, 15) is 9.59 Å². The molecular formula is C29H48N2O4Si. The van der Waals surface area contributed by atoms with Crippen molar-refractivity contribution in [2.24, 2.45) is 39.7 Å². The second-order valence-corrected chi connectivity index (χ2v) is 19.2. The van der Waals surface area contributed by atoms with Crippen molar-refractivity contribution >= 4 is 25.6 Å². The number of fused-ring (bicyclic) bond motifs is 5. The van der Waals surface area contributed by atoms with Gasteiger partial charge in [-0.05, 0) is 81.0 Å². The highest BCUT2D eigenvalue weighted by Crippen LogP contribution is 2.65. The van der Waals surface area contributed by atoms with Crippen molar-refractivity contribution < 1.29 is 18.9 Å². The van der Waals surface area contributed by atoms with E-state index in [1.807, 2.05) is 0 Å². The summed E-state index contributed by atoms with van der Waals surface area (Å²) in [5.74, 6) is 1.91. The van der Waals surface area contributed by atoms with Crippen molar-refractivity contribution in [1.29, 1.82) is 0 Å². The highest BCUT2D eigenvalue weighted by atomic mass is 28.4. The minimum absolute atomic E-state index is 0.0391. The van der Waals surface area contributed by atoms with Crippen LogP contribution >= 0.6 is 0 Å². The van der Waals surface area contributed by atoms with Gasteiger partial charge in [-0.15, -0.1) is 0 Å². The smallest absolute Gasteiger partial charge is 0.192 e. The molecule has 0 amide bonds. The molecule has 5 rings (SSSR count). The number of carbonyl (C=O) groups is 2. The first-order valence-corrected chi connectivity index (χ1v) is 17.4. The molecule has 202 valence electrons. The van der Waals surface area contributed by atoms with E-state index in [-0.39, 0.29) is 27.9 Å². The zero-order valence-electron chi connectivity index (χ0n) is 23.5. The number of carbonyl (C=O) groups excluding carboxylic acids is 2. The summed E-state index contributed by atoms with van der Waals surface area (Å²) in [6.45, 7) is 16.2. The summed E-state index contributed by atoms with van der Waals surface area (Å²) in [4.78, 5) is 32.7. The van der Waals surface area contributed by atoms with Crippen molar-refractivity contribution in [3.63, 3.8) is 0 Å². The molecule has 4 saturated carbocycles. The molecule has 1 aliphatic heterocycles. The first kappa shape index (κ1) is 26.5. The predicted molar refractivity (Wildman–Crippen MR) is 144 cm³/mol. The van der Waals surface area contributed by atoms with Crippen molar-refractivity contribution in [3.8, 4) is 0 Å². The molecule has 7 atom stereocenters. The maximum Gasteiger partial charge on any atom is 0.192 e. The summed E-state index contributed by atoms with van der Waals surface area (Å²) < 4.78 is 6.97. The van der Waals surface area contributed by atoms with Crippen LogP contribution in [0.2, 0.25) is 18.1 Å². The molecule has 0 radical (unpaired) electrons. The van der Waals surface area contributed by atoms with E-state index in [4.69, 9.17) is 9.26 Å². The number of rotatable bonds is 5. The predicted octanol–water partition coefficient (Wildman–Crippen LogP) is 5.51. The van der Waals surface area contributed by atoms with Crippen LogP contribution in [-0.2, 0) is 18.9 Å². The molecule has 6 nitrogen and oxygen atoms in total. The van der Waals surface area contributed by atoms with E-state index in [0.717, 1.165) is 57.3 Å². The Morgan fingerprint density at radius 1 is 1.06 bits per heavy atom. The van der Waals surface area contributed by atoms with Gasteiger partial charge in [0.2, 0.25) is 0 Å². The van der Waals surface area contributed by atoms with Crippen LogP contribution < -0.4 is 5.32 Å². The summed E-state index contributed by atoms with van der Waals surface area (Å²) in [5, 5.41) is 8.06. The monoisotopic (exact) mass is 516 g/mol. The summed E-state index contributed by atoms with van der Waals surface area (Å²) in [6.07, 6.45) is 7.99. The molecule has 3 unspecified atom stereocenters. The van der Waals surface area contributed by atoms with Gasteiger partial charge in [0.25, 0.3) is 0 Å². The zero-order valence-corrected chi connectivity index (χ0v) is 24.5. The van der Waals surface area contributed by atoms with E-state index < -0.39 is 8.32 Å². The Kier molecular flexibility index (Phi) is 6.86. The van der Waals surface area contributed by atoms with E-state index in [1.54, 1.807) is 0 Å². The van der Waals surface area contributed by atoms with Gasteiger partial charge in [-0.1, -0.05) is 32.9 Å². The Balaban J connectivity index is 1.44. The standard InChI is InChI=1S/C29H48N2O4Si/c1-27(2,3)36(5,6)34-18-29-13-9-19(31-35-20-11-14-30-17-20)15-24(29)25(32)16-21-22-7-8-26(33)28(22,4)12-10-23(21)29/h20-24,30H,7-18H2,1-6H3/b31-19-/t20-,21?,22?,23?,24+,28-,29-/m0/s1. The molecular weight excluding hydrogens is 468 g/mol. The molecule has 0 aromatic heterocycles. The Morgan fingerprint density at radius 2 is 1.83 bits per heavy atom. The minimum atomic E-state index is -1.98. The maximum atomic E-state index is 14.0. The van der Waals surface area contributed by atoms with Crippen LogP contribution in [0.15, 0.2) is 5.16 Å². The van der Waals surface area contributed by atoms with Gasteiger partial charge in [-0.3, -0.25) is 9.59 Å². The Labute approximate surface area is 218 Å². The fourth-order valence-corrected chi connectivity index (χ4v) is 9.23. The number of ketones is 2. The van der Waals surface area contributed by atoms with Gasteiger partial charge in [-0.2, -0.15) is 0 Å². The largest absolute Gasteiger partial charge is 0.416 e. The van der Waals surface area contributed by atoms with Gasteiger partial charge >= 0.3 is 0 Å². The van der Waals surface area contributed by atoms with Gasteiger partial charge < -0.3 is 14.6 Å². The van der Waals surface area contributed by atoms with Crippen LogP contribution in [0.5, 0.6) is 0 Å². The van der Waals surface area contributed by atoms with Crippen LogP contribution in [0.3, 0.4) is 0 Å². The van der Waals surface area contributed by atoms with Gasteiger partial charge in [0, 0.05) is 49.2 Å². The Hall–Kier alpha value is -1.05. The SMILES string of the molecule is CC(C)(C)[Si](C)(C)OC[C@]12CC/C(=N/O[C@H]3CCNC3)C[C@@H]1C(=O)CC1C2CC[C@]2(C)C(=O)CCC12. The average molecular weight is 517 g/mol. The fraction of sp³-hybridized carbons (Fsp3) is 0.897. The summed E-state index contributed by atoms with van der Waals surface area (Å²) in [7, 11) is -1.98. The lowest BCUT2D eigenvalue weighted by atomic mass is 9.44. The van der Waals surface area contributed by atoms with Crippen LogP contribution in [0.4, 0.5) is 0 Å². The normalized spacial score (nSPS) is 42.3. The molecule has 4 aliphatic carbocycles. The van der Waals surface area contributed by atoms with Crippen molar-refractivity contribution in [2.75, 3.05) is 19.7 Å². The van der Waals surface area contributed by atoms with E-state index in [2.05, 4.69) is 51.3 Å². The number of Topliss-reactive ketones (excluding diaryl/α,β-unsaturated/α-hetero) is 2. The second kappa shape index (κ2) is 9.30. The molecule has 36 heavy (non-hydrogen) atoms. The number of nitrogens with one attached hydrogen (secondary N) is 1. The fourth-order valence-electron chi connectivity index (χ4n) is 8.16. The third kappa shape index (κ3) is 4.35. The highest BCUT2D eigenvalue weighted by molar-refractivity contribution is 6.74. The Bertz CT molecular complexity index is 921. The maximum absolute atomic E-state index is 14.0. The molecule has 5 fully saturated rings. The van der Waals surface area contributed by atoms with Crippen molar-refractivity contribution in [3.05, 3.63) is 0 Å². The average Bonchev–Trinajstić information content (AvgIpc) is 3.44. The summed E-state index contributed by atoms with van der Waals surface area (Å²) >= 11 is 0. The molecule has 1 heterocycles. The molecule has 1 saturated heterocycles. The van der Waals surface area contributed by atoms with E-state index in [0.29, 0.717) is 55.2 Å². The third-order valence-electron chi connectivity index (χ3n) is 11.6. The number of hydrogen-bond acceptors (Lipinski definition) is 6. The first-order chi connectivity index (χ1) is 16.9. The zero-order chi connectivity index (χ0) is 25.9. The lowest BCUT2D eigenvalue weighted by Gasteiger charge is -2.60. The molecule has 1 N–H and O–H groups in total. The molecule has 5 aliphatic rings. The number of oxime groups is 1. The van der Waals surface area contributed by atoms with Crippen molar-refractivity contribution in [1.82, 2.24) is 5.32 Å². The van der Waals surface area contributed by atoms with E-state index >= 15 is 0 Å². The molecule has 7 heteroatoms. The van der Waals surface area contributed by atoms with E-state index in [1.165, 1.54) is 0 Å². The lowest BCUT2D eigenvalue weighted by Crippen LogP contribution is -2.60.